The highest BCUT2D eigenvalue weighted by Crippen LogP contribution is 2.50. The second kappa shape index (κ2) is 5.58. The Morgan fingerprint density at radius 3 is 2.55 bits per heavy atom. The van der Waals surface area contributed by atoms with Gasteiger partial charge in [0.25, 0.3) is 0 Å². The van der Waals surface area contributed by atoms with Crippen molar-refractivity contribution in [2.24, 2.45) is 23.0 Å². The molecule has 4 nitrogen and oxygen atoms in total. The van der Waals surface area contributed by atoms with Crippen molar-refractivity contribution < 1.29 is 13.5 Å². The zero-order valence-electron chi connectivity index (χ0n) is 12.8. The lowest BCUT2D eigenvalue weighted by Crippen LogP contribution is -2.55. The minimum absolute atomic E-state index is 0.0708. The molecule has 1 heterocycles. The molecule has 0 aromatic rings. The fourth-order valence-electron chi connectivity index (χ4n) is 4.35. The summed E-state index contributed by atoms with van der Waals surface area (Å²) in [6.45, 7) is 4.68. The van der Waals surface area contributed by atoms with Crippen LogP contribution in [0.1, 0.15) is 52.4 Å². The summed E-state index contributed by atoms with van der Waals surface area (Å²) in [5.41, 5.74) is 4.43. The average molecular weight is 303 g/mol. The van der Waals surface area contributed by atoms with Crippen LogP contribution in [0.4, 0.5) is 0 Å². The Hall–Kier alpha value is -0.130. The predicted octanol–water partition coefficient (Wildman–Crippen LogP) is 1.72. The second-order valence-corrected chi connectivity index (χ2v) is 9.63. The normalized spacial score (nSPS) is 41.1. The molecular weight excluding hydrogens is 274 g/mol. The highest BCUT2D eigenvalue weighted by molar-refractivity contribution is 7.91. The molecule has 3 N–H and O–H groups in total. The fourth-order valence-corrected chi connectivity index (χ4v) is 6.57. The van der Waals surface area contributed by atoms with Crippen molar-refractivity contribution in [1.29, 1.82) is 0 Å². The third-order valence-electron chi connectivity index (χ3n) is 5.40. The van der Waals surface area contributed by atoms with Crippen LogP contribution in [0.2, 0.25) is 0 Å². The Morgan fingerprint density at radius 2 is 2.05 bits per heavy atom. The van der Waals surface area contributed by atoms with Crippen LogP contribution < -0.4 is 5.73 Å². The quantitative estimate of drug-likeness (QED) is 0.828. The molecular formula is C15H29NO3S. The molecule has 0 aromatic carbocycles. The monoisotopic (exact) mass is 303 g/mol. The largest absolute Gasteiger partial charge is 0.389 e. The molecule has 2 fully saturated rings. The number of aliphatic hydroxyl groups is 1. The van der Waals surface area contributed by atoms with Gasteiger partial charge in [0, 0.05) is 12.0 Å². The van der Waals surface area contributed by atoms with Gasteiger partial charge in [-0.15, -0.1) is 0 Å². The number of rotatable bonds is 4. The number of nitrogens with two attached hydrogens (primary N) is 1. The lowest BCUT2D eigenvalue weighted by molar-refractivity contribution is -0.109. The zero-order valence-corrected chi connectivity index (χ0v) is 13.6. The predicted molar refractivity (Wildman–Crippen MR) is 81.1 cm³/mol. The van der Waals surface area contributed by atoms with E-state index >= 15 is 0 Å². The summed E-state index contributed by atoms with van der Waals surface area (Å²) in [7, 11) is -3.03. The molecule has 1 saturated carbocycles. The SMILES string of the molecule is CC(C)CC1CCCC(O)(C2(CN)CCS(=O)(=O)C2)C1. The van der Waals surface area contributed by atoms with Crippen LogP contribution in [0, 0.1) is 17.3 Å². The van der Waals surface area contributed by atoms with Crippen molar-refractivity contribution in [1.82, 2.24) is 0 Å². The maximum atomic E-state index is 11.9. The van der Waals surface area contributed by atoms with Gasteiger partial charge in [-0.25, -0.2) is 8.42 Å². The molecule has 5 heteroatoms. The molecule has 0 aromatic heterocycles. The molecule has 0 bridgehead atoms. The van der Waals surface area contributed by atoms with E-state index in [1.165, 1.54) is 0 Å². The van der Waals surface area contributed by atoms with Gasteiger partial charge in [-0.3, -0.25) is 0 Å². The first-order chi connectivity index (χ1) is 9.22. The highest BCUT2D eigenvalue weighted by Gasteiger charge is 2.56. The summed E-state index contributed by atoms with van der Waals surface area (Å²) in [6.07, 6.45) is 5.18. The summed E-state index contributed by atoms with van der Waals surface area (Å²) < 4.78 is 23.8. The Balaban J connectivity index is 2.20. The van der Waals surface area contributed by atoms with E-state index in [2.05, 4.69) is 13.8 Å². The molecule has 0 radical (unpaired) electrons. The summed E-state index contributed by atoms with van der Waals surface area (Å²) in [5, 5.41) is 11.2. The van der Waals surface area contributed by atoms with Crippen LogP contribution >= 0.6 is 0 Å². The van der Waals surface area contributed by atoms with E-state index in [-0.39, 0.29) is 18.1 Å². The Bertz CT molecular complexity index is 448. The molecule has 118 valence electrons. The van der Waals surface area contributed by atoms with E-state index in [1.807, 2.05) is 0 Å². The van der Waals surface area contributed by atoms with E-state index < -0.39 is 20.9 Å². The molecule has 1 aliphatic heterocycles. The van der Waals surface area contributed by atoms with Crippen molar-refractivity contribution in [2.75, 3.05) is 18.1 Å². The van der Waals surface area contributed by atoms with Gasteiger partial charge in [-0.2, -0.15) is 0 Å². The molecule has 0 spiro atoms. The minimum Gasteiger partial charge on any atom is -0.389 e. The van der Waals surface area contributed by atoms with Crippen LogP contribution in [0.5, 0.6) is 0 Å². The molecule has 3 atom stereocenters. The third kappa shape index (κ3) is 3.04. The van der Waals surface area contributed by atoms with Gasteiger partial charge in [-0.1, -0.05) is 26.7 Å². The first-order valence-corrected chi connectivity index (χ1v) is 9.67. The number of hydrogen-bond donors (Lipinski definition) is 2. The molecule has 2 rings (SSSR count). The van der Waals surface area contributed by atoms with Crippen molar-refractivity contribution >= 4 is 9.84 Å². The Morgan fingerprint density at radius 1 is 1.35 bits per heavy atom. The Kier molecular flexibility index (Phi) is 4.53. The molecule has 2 aliphatic rings. The van der Waals surface area contributed by atoms with Crippen LogP contribution in [0.15, 0.2) is 0 Å². The summed E-state index contributed by atoms with van der Waals surface area (Å²) >= 11 is 0. The van der Waals surface area contributed by atoms with Crippen molar-refractivity contribution in [3.05, 3.63) is 0 Å². The molecule has 1 saturated heterocycles. The highest BCUT2D eigenvalue weighted by atomic mass is 32.2. The topological polar surface area (TPSA) is 80.4 Å². The van der Waals surface area contributed by atoms with Crippen LogP contribution in [0.25, 0.3) is 0 Å². The third-order valence-corrected chi connectivity index (χ3v) is 7.22. The van der Waals surface area contributed by atoms with Crippen LogP contribution in [0.3, 0.4) is 0 Å². The molecule has 1 aliphatic carbocycles. The van der Waals surface area contributed by atoms with Gasteiger partial charge in [-0.05, 0) is 37.5 Å². The molecule has 0 amide bonds. The lowest BCUT2D eigenvalue weighted by Gasteiger charge is -2.48. The zero-order chi connectivity index (χ0) is 15.0. The van der Waals surface area contributed by atoms with Gasteiger partial charge in [0.05, 0.1) is 17.1 Å². The van der Waals surface area contributed by atoms with E-state index in [0.29, 0.717) is 24.7 Å². The second-order valence-electron chi connectivity index (χ2n) is 7.45. The van der Waals surface area contributed by atoms with Crippen LogP contribution in [-0.2, 0) is 9.84 Å². The molecule has 20 heavy (non-hydrogen) atoms. The smallest absolute Gasteiger partial charge is 0.151 e. The summed E-state index contributed by atoms with van der Waals surface area (Å²) in [6, 6.07) is 0. The first-order valence-electron chi connectivity index (χ1n) is 7.85. The van der Waals surface area contributed by atoms with Gasteiger partial charge in [0.15, 0.2) is 9.84 Å². The summed E-state index contributed by atoms with van der Waals surface area (Å²) in [5.74, 6) is 1.37. The van der Waals surface area contributed by atoms with Gasteiger partial charge in [0.2, 0.25) is 0 Å². The van der Waals surface area contributed by atoms with E-state index in [9.17, 15) is 13.5 Å². The van der Waals surface area contributed by atoms with Gasteiger partial charge >= 0.3 is 0 Å². The lowest BCUT2D eigenvalue weighted by atomic mass is 9.61. The average Bonchev–Trinajstić information content (AvgIpc) is 2.66. The number of sulfone groups is 1. The Labute approximate surface area is 123 Å². The van der Waals surface area contributed by atoms with E-state index in [1.54, 1.807) is 0 Å². The van der Waals surface area contributed by atoms with Crippen LogP contribution in [-0.4, -0.2) is 37.2 Å². The van der Waals surface area contributed by atoms with Crippen molar-refractivity contribution in [2.45, 2.75) is 58.0 Å². The maximum absolute atomic E-state index is 11.9. The van der Waals surface area contributed by atoms with Gasteiger partial charge in [0.1, 0.15) is 0 Å². The minimum atomic E-state index is -3.03. The van der Waals surface area contributed by atoms with Crippen molar-refractivity contribution in [3.8, 4) is 0 Å². The first kappa shape index (κ1) is 16.2. The van der Waals surface area contributed by atoms with E-state index in [4.69, 9.17) is 5.73 Å². The standard InChI is InChI=1S/C15H29NO3S/c1-12(2)8-13-4-3-5-15(17,9-13)14(10-16)6-7-20(18,19)11-14/h12-13,17H,3-11,16H2,1-2H3. The maximum Gasteiger partial charge on any atom is 0.151 e. The molecule has 3 unspecified atom stereocenters. The van der Waals surface area contributed by atoms with Gasteiger partial charge < -0.3 is 10.8 Å². The summed E-state index contributed by atoms with van der Waals surface area (Å²) in [4.78, 5) is 0. The number of hydrogen-bond acceptors (Lipinski definition) is 4. The van der Waals surface area contributed by atoms with E-state index in [0.717, 1.165) is 25.7 Å². The van der Waals surface area contributed by atoms with Crippen molar-refractivity contribution in [3.63, 3.8) is 0 Å². The fraction of sp³-hybridized carbons (Fsp3) is 1.00.